The molecule has 0 aromatic rings. The lowest BCUT2D eigenvalue weighted by atomic mass is 9.63. The molecule has 0 aromatic heterocycles. The zero-order chi connectivity index (χ0) is 9.59. The molecule has 1 saturated carbocycles. The Bertz CT molecular complexity index is 193. The Labute approximate surface area is 80.9 Å². The van der Waals surface area contributed by atoms with Gasteiger partial charge in [0.2, 0.25) is 0 Å². The van der Waals surface area contributed by atoms with Gasteiger partial charge in [-0.05, 0) is 25.7 Å². The Kier molecular flexibility index (Phi) is 2.37. The highest BCUT2D eigenvalue weighted by Gasteiger charge is 2.53. The highest BCUT2D eigenvalue weighted by molar-refractivity contribution is 5.03. The number of aliphatic hydroxyl groups excluding tert-OH is 1. The molecule has 2 fully saturated rings. The topological polar surface area (TPSA) is 23.5 Å². The number of aliphatic hydroxyl groups is 1. The second kappa shape index (κ2) is 3.25. The fourth-order valence-electron chi connectivity index (χ4n) is 3.09. The molecule has 0 radical (unpaired) electrons. The van der Waals surface area contributed by atoms with Crippen LogP contribution in [0.3, 0.4) is 0 Å². The van der Waals surface area contributed by atoms with E-state index in [-0.39, 0.29) is 6.10 Å². The predicted octanol–water partition coefficient (Wildman–Crippen LogP) is 1.34. The van der Waals surface area contributed by atoms with Gasteiger partial charge in [-0.3, -0.25) is 0 Å². The standard InChI is InChI=1S/C11H21NO/c1-4-8-9-5-12(7(2)3)6-10(9)11(8)13/h7-11,13H,4-6H2,1-3H3. The minimum absolute atomic E-state index is 0.00116. The lowest BCUT2D eigenvalue weighted by Crippen LogP contribution is -2.50. The number of likely N-dealkylation sites (tertiary alicyclic amines) is 1. The molecule has 2 rings (SSSR count). The summed E-state index contributed by atoms with van der Waals surface area (Å²) in [6.45, 7) is 9.04. The summed E-state index contributed by atoms with van der Waals surface area (Å²) < 4.78 is 0. The molecule has 2 aliphatic rings. The van der Waals surface area contributed by atoms with E-state index in [9.17, 15) is 5.11 Å². The summed E-state index contributed by atoms with van der Waals surface area (Å²) in [4.78, 5) is 2.51. The second-order valence-electron chi connectivity index (χ2n) is 4.94. The van der Waals surface area contributed by atoms with Crippen molar-refractivity contribution < 1.29 is 5.11 Å². The van der Waals surface area contributed by atoms with Crippen molar-refractivity contribution in [3.8, 4) is 0 Å². The van der Waals surface area contributed by atoms with Gasteiger partial charge in [0.05, 0.1) is 6.10 Å². The quantitative estimate of drug-likeness (QED) is 0.698. The van der Waals surface area contributed by atoms with Crippen LogP contribution in [0, 0.1) is 17.8 Å². The van der Waals surface area contributed by atoms with Crippen LogP contribution in [0.4, 0.5) is 0 Å². The average molecular weight is 183 g/mol. The van der Waals surface area contributed by atoms with E-state index in [1.807, 2.05) is 0 Å². The molecule has 13 heavy (non-hydrogen) atoms. The van der Waals surface area contributed by atoms with Gasteiger partial charge in [-0.2, -0.15) is 0 Å². The summed E-state index contributed by atoms with van der Waals surface area (Å²) in [6.07, 6.45) is 1.15. The third-order valence-corrected chi connectivity index (χ3v) is 4.07. The first kappa shape index (κ1) is 9.47. The largest absolute Gasteiger partial charge is 0.392 e. The van der Waals surface area contributed by atoms with Crippen LogP contribution in [0.25, 0.3) is 0 Å². The van der Waals surface area contributed by atoms with Crippen LogP contribution in [0.1, 0.15) is 27.2 Å². The van der Waals surface area contributed by atoms with Gasteiger partial charge in [0.25, 0.3) is 0 Å². The van der Waals surface area contributed by atoms with Gasteiger partial charge in [0, 0.05) is 25.0 Å². The van der Waals surface area contributed by atoms with Crippen molar-refractivity contribution in [2.24, 2.45) is 17.8 Å². The van der Waals surface area contributed by atoms with E-state index in [0.29, 0.717) is 17.9 Å². The monoisotopic (exact) mass is 183 g/mol. The van der Waals surface area contributed by atoms with Crippen LogP contribution in [-0.4, -0.2) is 35.2 Å². The molecule has 1 aliphatic carbocycles. The number of hydrogen-bond acceptors (Lipinski definition) is 2. The Morgan fingerprint density at radius 3 is 2.46 bits per heavy atom. The van der Waals surface area contributed by atoms with Crippen LogP contribution in [0.15, 0.2) is 0 Å². The van der Waals surface area contributed by atoms with Crippen molar-refractivity contribution in [1.29, 1.82) is 0 Å². The minimum atomic E-state index is -0.00116. The molecule has 0 bridgehead atoms. The van der Waals surface area contributed by atoms with Crippen LogP contribution < -0.4 is 0 Å². The maximum atomic E-state index is 9.85. The van der Waals surface area contributed by atoms with Crippen LogP contribution in [0.5, 0.6) is 0 Å². The summed E-state index contributed by atoms with van der Waals surface area (Å²) in [7, 11) is 0. The normalized spacial score (nSPS) is 45.0. The van der Waals surface area contributed by atoms with Gasteiger partial charge in [-0.1, -0.05) is 13.3 Å². The number of nitrogens with zero attached hydrogens (tertiary/aromatic N) is 1. The summed E-state index contributed by atoms with van der Waals surface area (Å²) >= 11 is 0. The summed E-state index contributed by atoms with van der Waals surface area (Å²) in [5.41, 5.74) is 0. The predicted molar refractivity (Wildman–Crippen MR) is 53.5 cm³/mol. The molecular weight excluding hydrogens is 162 g/mol. The van der Waals surface area contributed by atoms with Crippen molar-refractivity contribution in [3.63, 3.8) is 0 Å². The zero-order valence-corrected chi connectivity index (χ0v) is 8.90. The maximum Gasteiger partial charge on any atom is 0.0615 e. The third kappa shape index (κ3) is 1.31. The Hall–Kier alpha value is -0.0800. The van der Waals surface area contributed by atoms with Gasteiger partial charge >= 0.3 is 0 Å². The SMILES string of the molecule is CCC1C(O)C2CN(C(C)C)CC12. The first-order valence-corrected chi connectivity index (χ1v) is 5.57. The van der Waals surface area contributed by atoms with E-state index >= 15 is 0 Å². The molecule has 2 nitrogen and oxygen atoms in total. The van der Waals surface area contributed by atoms with E-state index in [4.69, 9.17) is 0 Å². The second-order valence-corrected chi connectivity index (χ2v) is 4.94. The molecule has 2 heteroatoms. The number of fused-ring (bicyclic) bond motifs is 1. The molecule has 0 spiro atoms. The lowest BCUT2D eigenvalue weighted by Gasteiger charge is -2.44. The van der Waals surface area contributed by atoms with E-state index in [1.54, 1.807) is 0 Å². The maximum absolute atomic E-state index is 9.85. The molecule has 4 atom stereocenters. The number of hydrogen-bond donors (Lipinski definition) is 1. The Balaban J connectivity index is 1.97. The first-order valence-electron chi connectivity index (χ1n) is 5.57. The van der Waals surface area contributed by atoms with Crippen LogP contribution in [-0.2, 0) is 0 Å². The van der Waals surface area contributed by atoms with Gasteiger partial charge in [0.15, 0.2) is 0 Å². The smallest absolute Gasteiger partial charge is 0.0615 e. The molecule has 0 aromatic carbocycles. The zero-order valence-electron chi connectivity index (χ0n) is 8.90. The Morgan fingerprint density at radius 2 is 1.92 bits per heavy atom. The van der Waals surface area contributed by atoms with Crippen molar-refractivity contribution >= 4 is 0 Å². The van der Waals surface area contributed by atoms with Gasteiger partial charge in [-0.15, -0.1) is 0 Å². The molecule has 1 N–H and O–H groups in total. The molecule has 1 heterocycles. The van der Waals surface area contributed by atoms with E-state index < -0.39 is 0 Å². The lowest BCUT2D eigenvalue weighted by molar-refractivity contribution is -0.0762. The molecule has 76 valence electrons. The minimum Gasteiger partial charge on any atom is -0.392 e. The highest BCUT2D eigenvalue weighted by Crippen LogP contribution is 2.47. The molecule has 0 amide bonds. The highest BCUT2D eigenvalue weighted by atomic mass is 16.3. The molecule has 1 aliphatic heterocycles. The Morgan fingerprint density at radius 1 is 1.31 bits per heavy atom. The molecule has 4 unspecified atom stereocenters. The first-order chi connectivity index (χ1) is 6.15. The fourth-order valence-corrected chi connectivity index (χ4v) is 3.09. The van der Waals surface area contributed by atoms with E-state index in [0.717, 1.165) is 18.9 Å². The number of rotatable bonds is 2. The van der Waals surface area contributed by atoms with Crippen molar-refractivity contribution in [2.75, 3.05) is 13.1 Å². The van der Waals surface area contributed by atoms with Gasteiger partial charge < -0.3 is 10.0 Å². The van der Waals surface area contributed by atoms with Crippen molar-refractivity contribution in [2.45, 2.75) is 39.3 Å². The molecular formula is C11H21NO. The fraction of sp³-hybridized carbons (Fsp3) is 1.00. The van der Waals surface area contributed by atoms with Crippen molar-refractivity contribution in [1.82, 2.24) is 4.90 Å². The molecule has 1 saturated heterocycles. The van der Waals surface area contributed by atoms with Crippen molar-refractivity contribution in [3.05, 3.63) is 0 Å². The van der Waals surface area contributed by atoms with Gasteiger partial charge in [-0.25, -0.2) is 0 Å². The van der Waals surface area contributed by atoms with Crippen LogP contribution in [0.2, 0.25) is 0 Å². The summed E-state index contributed by atoms with van der Waals surface area (Å²) in [5, 5.41) is 9.85. The van der Waals surface area contributed by atoms with E-state index in [2.05, 4.69) is 25.7 Å². The summed E-state index contributed by atoms with van der Waals surface area (Å²) in [5.74, 6) is 1.98. The summed E-state index contributed by atoms with van der Waals surface area (Å²) in [6, 6.07) is 0.648. The van der Waals surface area contributed by atoms with E-state index in [1.165, 1.54) is 6.54 Å². The van der Waals surface area contributed by atoms with Crippen LogP contribution >= 0.6 is 0 Å². The van der Waals surface area contributed by atoms with Gasteiger partial charge in [0.1, 0.15) is 0 Å². The average Bonchev–Trinajstić information content (AvgIpc) is 2.45. The third-order valence-electron chi connectivity index (χ3n) is 4.07.